The molecule has 0 N–H and O–H groups in total. The first-order valence-electron chi connectivity index (χ1n) is 7.28. The van der Waals surface area contributed by atoms with E-state index >= 15 is 0 Å². The molecule has 0 aliphatic carbocycles. The van der Waals surface area contributed by atoms with Crippen LogP contribution in [0.1, 0.15) is 12.0 Å². The lowest BCUT2D eigenvalue weighted by atomic mass is 10.2. The van der Waals surface area contributed by atoms with Gasteiger partial charge >= 0.3 is 0 Å². The molecule has 0 radical (unpaired) electrons. The first kappa shape index (κ1) is 16.8. The number of ether oxygens (including phenoxy) is 1. The Hall–Kier alpha value is -1.60. The summed E-state index contributed by atoms with van der Waals surface area (Å²) in [5.41, 5.74) is 1.07. The van der Waals surface area contributed by atoms with Gasteiger partial charge in [-0.1, -0.05) is 12.1 Å². The Labute approximate surface area is 131 Å². The number of carbonyl (C=O) groups excluding carboxylic acids is 1. The van der Waals surface area contributed by atoms with Gasteiger partial charge in [0, 0.05) is 26.2 Å². The van der Waals surface area contributed by atoms with Crippen LogP contribution in [0.5, 0.6) is 5.75 Å². The van der Waals surface area contributed by atoms with Crippen LogP contribution < -0.4 is 4.74 Å². The van der Waals surface area contributed by atoms with Crippen LogP contribution in [0.2, 0.25) is 0 Å². The van der Waals surface area contributed by atoms with E-state index in [1.165, 1.54) is 10.6 Å². The summed E-state index contributed by atoms with van der Waals surface area (Å²) < 4.78 is 30.0. The van der Waals surface area contributed by atoms with Gasteiger partial charge in [-0.05, 0) is 31.0 Å². The Morgan fingerprint density at radius 3 is 2.68 bits per heavy atom. The SMILES string of the molecule is Cc1cccc(OCC(=O)N2CCCN(S(C)(=O)=O)CC2)c1. The number of hydrogen-bond donors (Lipinski definition) is 0. The van der Waals surface area contributed by atoms with E-state index in [0.29, 0.717) is 38.3 Å². The van der Waals surface area contributed by atoms with Crippen molar-refractivity contribution in [1.82, 2.24) is 9.21 Å². The molecule has 0 aromatic heterocycles. The zero-order chi connectivity index (χ0) is 16.2. The summed E-state index contributed by atoms with van der Waals surface area (Å²) in [6, 6.07) is 7.53. The largest absolute Gasteiger partial charge is 0.484 e. The third-order valence-corrected chi connectivity index (χ3v) is 4.93. The molecule has 122 valence electrons. The van der Waals surface area contributed by atoms with Crippen LogP contribution in [0.25, 0.3) is 0 Å². The molecule has 1 aromatic carbocycles. The molecule has 1 fully saturated rings. The molecule has 1 aromatic rings. The smallest absolute Gasteiger partial charge is 0.260 e. The van der Waals surface area contributed by atoms with Gasteiger partial charge in [-0.2, -0.15) is 0 Å². The zero-order valence-electron chi connectivity index (χ0n) is 13.0. The molecular formula is C15H22N2O4S. The van der Waals surface area contributed by atoms with Crippen LogP contribution in [0, 0.1) is 6.92 Å². The fourth-order valence-electron chi connectivity index (χ4n) is 2.42. The Kier molecular flexibility index (Phi) is 5.42. The number of sulfonamides is 1. The number of benzene rings is 1. The fourth-order valence-corrected chi connectivity index (χ4v) is 3.29. The Morgan fingerprint density at radius 2 is 2.00 bits per heavy atom. The van der Waals surface area contributed by atoms with E-state index in [4.69, 9.17) is 4.74 Å². The number of amides is 1. The highest BCUT2D eigenvalue weighted by molar-refractivity contribution is 7.88. The highest BCUT2D eigenvalue weighted by Gasteiger charge is 2.23. The molecule has 1 heterocycles. The maximum atomic E-state index is 12.2. The Morgan fingerprint density at radius 1 is 1.23 bits per heavy atom. The van der Waals surface area contributed by atoms with Crippen molar-refractivity contribution >= 4 is 15.9 Å². The van der Waals surface area contributed by atoms with Crippen LogP contribution in [-0.4, -0.2) is 62.6 Å². The minimum absolute atomic E-state index is 0.0255. The molecule has 0 saturated carbocycles. The summed E-state index contributed by atoms with van der Waals surface area (Å²) in [5.74, 6) is 0.554. The van der Waals surface area contributed by atoms with Crippen molar-refractivity contribution in [3.05, 3.63) is 29.8 Å². The minimum Gasteiger partial charge on any atom is -0.484 e. The van der Waals surface area contributed by atoms with Crippen molar-refractivity contribution in [2.75, 3.05) is 39.0 Å². The molecule has 1 saturated heterocycles. The predicted octanol–water partition coefficient (Wildman–Crippen LogP) is 0.868. The predicted molar refractivity (Wildman–Crippen MR) is 84.3 cm³/mol. The van der Waals surface area contributed by atoms with E-state index in [-0.39, 0.29) is 12.5 Å². The second kappa shape index (κ2) is 7.11. The molecule has 22 heavy (non-hydrogen) atoms. The van der Waals surface area contributed by atoms with Crippen molar-refractivity contribution in [3.8, 4) is 5.75 Å². The second-order valence-corrected chi connectivity index (χ2v) is 7.48. The van der Waals surface area contributed by atoms with Gasteiger partial charge < -0.3 is 9.64 Å². The number of rotatable bonds is 4. The van der Waals surface area contributed by atoms with Gasteiger partial charge in [0.1, 0.15) is 5.75 Å². The van der Waals surface area contributed by atoms with Gasteiger partial charge in [0.2, 0.25) is 10.0 Å². The first-order chi connectivity index (χ1) is 10.4. The van der Waals surface area contributed by atoms with E-state index in [1.807, 2.05) is 31.2 Å². The number of nitrogens with zero attached hydrogens (tertiary/aromatic N) is 2. The van der Waals surface area contributed by atoms with Gasteiger partial charge in [-0.15, -0.1) is 0 Å². The average Bonchev–Trinajstić information content (AvgIpc) is 2.70. The fraction of sp³-hybridized carbons (Fsp3) is 0.533. The second-order valence-electron chi connectivity index (χ2n) is 5.50. The van der Waals surface area contributed by atoms with Crippen molar-refractivity contribution in [2.45, 2.75) is 13.3 Å². The van der Waals surface area contributed by atoms with Crippen LogP contribution in [0.15, 0.2) is 24.3 Å². The summed E-state index contributed by atoms with van der Waals surface area (Å²) in [4.78, 5) is 13.9. The Bertz CT molecular complexity index is 630. The quantitative estimate of drug-likeness (QED) is 0.823. The molecule has 6 nitrogen and oxygen atoms in total. The molecule has 1 aliphatic rings. The third kappa shape index (κ3) is 4.71. The maximum Gasteiger partial charge on any atom is 0.260 e. The van der Waals surface area contributed by atoms with E-state index in [1.54, 1.807) is 4.90 Å². The molecule has 1 amide bonds. The molecule has 2 rings (SSSR count). The van der Waals surface area contributed by atoms with E-state index < -0.39 is 10.0 Å². The van der Waals surface area contributed by atoms with Crippen LogP contribution in [0.3, 0.4) is 0 Å². The topological polar surface area (TPSA) is 66.9 Å². The van der Waals surface area contributed by atoms with E-state index in [0.717, 1.165) is 5.56 Å². The van der Waals surface area contributed by atoms with Gasteiger partial charge in [0.15, 0.2) is 6.61 Å². The van der Waals surface area contributed by atoms with Gasteiger partial charge in [0.25, 0.3) is 5.91 Å². The lowest BCUT2D eigenvalue weighted by Crippen LogP contribution is -2.39. The number of hydrogen-bond acceptors (Lipinski definition) is 4. The van der Waals surface area contributed by atoms with Crippen LogP contribution >= 0.6 is 0 Å². The molecule has 1 aliphatic heterocycles. The lowest BCUT2D eigenvalue weighted by molar-refractivity contribution is -0.133. The number of aryl methyl sites for hydroxylation is 1. The van der Waals surface area contributed by atoms with Gasteiger partial charge in [-0.25, -0.2) is 12.7 Å². The summed E-state index contributed by atoms with van der Waals surface area (Å²) in [6.07, 6.45) is 1.84. The molecule has 0 unspecified atom stereocenters. The monoisotopic (exact) mass is 326 g/mol. The van der Waals surface area contributed by atoms with E-state index in [9.17, 15) is 13.2 Å². The summed E-state index contributed by atoms with van der Waals surface area (Å²) in [5, 5.41) is 0. The lowest BCUT2D eigenvalue weighted by Gasteiger charge is -2.21. The molecule has 0 atom stereocenters. The minimum atomic E-state index is -3.19. The van der Waals surface area contributed by atoms with Crippen LogP contribution in [-0.2, 0) is 14.8 Å². The van der Waals surface area contributed by atoms with Crippen molar-refractivity contribution in [3.63, 3.8) is 0 Å². The highest BCUT2D eigenvalue weighted by atomic mass is 32.2. The highest BCUT2D eigenvalue weighted by Crippen LogP contribution is 2.13. The first-order valence-corrected chi connectivity index (χ1v) is 9.13. The Balaban J connectivity index is 1.88. The van der Waals surface area contributed by atoms with Gasteiger partial charge in [0.05, 0.1) is 6.26 Å². The van der Waals surface area contributed by atoms with Crippen molar-refractivity contribution < 1.29 is 17.9 Å². The summed E-state index contributed by atoms with van der Waals surface area (Å²) in [6.45, 7) is 3.70. The summed E-state index contributed by atoms with van der Waals surface area (Å²) >= 11 is 0. The van der Waals surface area contributed by atoms with Crippen molar-refractivity contribution in [2.24, 2.45) is 0 Å². The molecule has 0 bridgehead atoms. The molecular weight excluding hydrogens is 304 g/mol. The van der Waals surface area contributed by atoms with Crippen molar-refractivity contribution in [1.29, 1.82) is 0 Å². The average molecular weight is 326 g/mol. The van der Waals surface area contributed by atoms with E-state index in [2.05, 4.69) is 0 Å². The zero-order valence-corrected chi connectivity index (χ0v) is 13.8. The van der Waals surface area contributed by atoms with Crippen LogP contribution in [0.4, 0.5) is 0 Å². The molecule has 7 heteroatoms. The number of carbonyl (C=O) groups is 1. The maximum absolute atomic E-state index is 12.2. The standard InChI is InChI=1S/C15H22N2O4S/c1-13-5-3-6-14(11-13)21-12-15(18)16-7-4-8-17(10-9-16)22(2,19)20/h3,5-6,11H,4,7-10,12H2,1-2H3. The normalized spacial score (nSPS) is 17.1. The summed E-state index contributed by atoms with van der Waals surface area (Å²) in [7, 11) is -3.19. The van der Waals surface area contributed by atoms with Gasteiger partial charge in [-0.3, -0.25) is 4.79 Å². The molecule has 0 spiro atoms. The third-order valence-electron chi connectivity index (χ3n) is 3.63.